The van der Waals surface area contributed by atoms with Gasteiger partial charge in [-0.25, -0.2) is 25.8 Å². The number of sulfone groups is 1. The first-order chi connectivity index (χ1) is 13.5. The average Bonchev–Trinajstić information content (AvgIpc) is 2.85. The van der Waals surface area contributed by atoms with Gasteiger partial charge in [-0.2, -0.15) is 23.5 Å². The highest BCUT2D eigenvalue weighted by Gasteiger charge is 2.34. The minimum absolute atomic E-state index is 0.339. The van der Waals surface area contributed by atoms with E-state index < -0.39 is 64.7 Å². The van der Waals surface area contributed by atoms with E-state index in [-0.39, 0.29) is 5.69 Å². The van der Waals surface area contributed by atoms with Crippen molar-refractivity contribution < 1.29 is 30.0 Å². The van der Waals surface area contributed by atoms with Crippen molar-refractivity contribution in [2.45, 2.75) is 6.18 Å². The van der Waals surface area contributed by atoms with Crippen LogP contribution in [0.15, 0.2) is 12.1 Å². The van der Waals surface area contributed by atoms with Crippen LogP contribution in [0.2, 0.25) is 10.0 Å². The van der Waals surface area contributed by atoms with Gasteiger partial charge in [0, 0.05) is 6.26 Å². The van der Waals surface area contributed by atoms with Crippen LogP contribution in [0.1, 0.15) is 11.3 Å². The number of alkyl halides is 3. The zero-order valence-electron chi connectivity index (χ0n) is 15.1. The van der Waals surface area contributed by atoms with Crippen LogP contribution >= 0.6 is 23.2 Å². The average molecular weight is 506 g/mol. The third-order valence-corrected chi connectivity index (χ3v) is 6.14. The molecule has 0 aliphatic heterocycles. The first-order valence-electron chi connectivity index (χ1n) is 7.48. The number of nitrogen functional groups attached to an aromatic ring is 1. The highest BCUT2D eigenvalue weighted by molar-refractivity contribution is 7.95. The lowest BCUT2D eigenvalue weighted by Gasteiger charge is -2.21. The van der Waals surface area contributed by atoms with E-state index >= 15 is 0 Å². The van der Waals surface area contributed by atoms with Gasteiger partial charge < -0.3 is 5.73 Å². The van der Waals surface area contributed by atoms with Crippen LogP contribution in [0.25, 0.3) is 5.69 Å². The number of rotatable bonds is 5. The third-order valence-electron chi connectivity index (χ3n) is 3.56. The van der Waals surface area contributed by atoms with Crippen LogP contribution < -0.4 is 10.0 Å². The van der Waals surface area contributed by atoms with Crippen LogP contribution in [0.3, 0.4) is 0 Å². The molecule has 1 heterocycles. The Morgan fingerprint density at radius 1 is 1.20 bits per heavy atom. The minimum atomic E-state index is -4.76. The number of nitriles is 1. The summed E-state index contributed by atoms with van der Waals surface area (Å²) in [6, 6.07) is 2.64. The summed E-state index contributed by atoms with van der Waals surface area (Å²) in [5, 5.41) is 12.0. The highest BCUT2D eigenvalue weighted by atomic mass is 35.5. The molecular weight excluding hydrogens is 494 g/mol. The molecule has 0 unspecified atom stereocenters. The SMILES string of the molecule is CS(=O)(=O)CN(c1c(C#N)nn(-c2c(Cl)cc(C(F)(F)F)cc2Cl)c1N)S(C)(=O)=O. The molecule has 0 aliphatic carbocycles. The maximum absolute atomic E-state index is 12.9. The Kier molecular flexibility index (Phi) is 6.26. The number of hydrogen-bond donors (Lipinski definition) is 1. The molecule has 0 atom stereocenters. The molecule has 16 heteroatoms. The first kappa shape index (κ1) is 24.1. The summed E-state index contributed by atoms with van der Waals surface area (Å²) in [7, 11) is -8.19. The van der Waals surface area contributed by atoms with Gasteiger partial charge in [0.05, 0.1) is 21.9 Å². The Morgan fingerprint density at radius 3 is 2.07 bits per heavy atom. The Balaban J connectivity index is 2.82. The van der Waals surface area contributed by atoms with Crippen molar-refractivity contribution in [1.29, 1.82) is 5.26 Å². The molecule has 0 bridgehead atoms. The van der Waals surface area contributed by atoms with Gasteiger partial charge in [0.15, 0.2) is 21.3 Å². The molecule has 2 rings (SSSR count). The van der Waals surface area contributed by atoms with Crippen molar-refractivity contribution in [3.05, 3.63) is 33.4 Å². The Labute approximate surface area is 179 Å². The lowest BCUT2D eigenvalue weighted by Crippen LogP contribution is -2.35. The second-order valence-electron chi connectivity index (χ2n) is 6.06. The van der Waals surface area contributed by atoms with Crippen LogP contribution in [-0.4, -0.2) is 45.0 Å². The topological polar surface area (TPSA) is 139 Å². The monoisotopic (exact) mass is 505 g/mol. The van der Waals surface area contributed by atoms with Crippen LogP contribution in [0.5, 0.6) is 0 Å². The summed E-state index contributed by atoms with van der Waals surface area (Å²) >= 11 is 11.8. The Morgan fingerprint density at radius 2 is 1.70 bits per heavy atom. The summed E-state index contributed by atoms with van der Waals surface area (Å²) < 4.78 is 87.5. The second-order valence-corrected chi connectivity index (χ2v) is 10.9. The molecule has 1 aromatic carbocycles. The number of halogens is 5. The molecule has 1 aromatic heterocycles. The maximum atomic E-state index is 12.9. The fourth-order valence-electron chi connectivity index (χ4n) is 2.39. The molecule has 0 amide bonds. The lowest BCUT2D eigenvalue weighted by atomic mass is 10.2. The van der Waals surface area contributed by atoms with Gasteiger partial charge in [0.25, 0.3) is 0 Å². The maximum Gasteiger partial charge on any atom is 0.416 e. The van der Waals surface area contributed by atoms with Crippen molar-refractivity contribution in [3.8, 4) is 11.8 Å². The van der Waals surface area contributed by atoms with Crippen molar-refractivity contribution in [1.82, 2.24) is 9.78 Å². The number of aromatic nitrogens is 2. The number of nitrogens with zero attached hydrogens (tertiary/aromatic N) is 4. The summed E-state index contributed by atoms with van der Waals surface area (Å²) in [6.45, 7) is 0. The molecule has 0 saturated heterocycles. The van der Waals surface area contributed by atoms with E-state index in [2.05, 4.69) is 5.10 Å². The van der Waals surface area contributed by atoms with Gasteiger partial charge in [-0.1, -0.05) is 23.2 Å². The molecule has 0 radical (unpaired) electrons. The van der Waals surface area contributed by atoms with E-state index in [1.54, 1.807) is 6.07 Å². The molecule has 0 fully saturated rings. The van der Waals surface area contributed by atoms with Crippen molar-refractivity contribution in [2.75, 3.05) is 28.4 Å². The fraction of sp³-hybridized carbons (Fsp3) is 0.286. The fourth-order valence-corrected chi connectivity index (χ4v) is 5.44. The minimum Gasteiger partial charge on any atom is -0.382 e. The summed E-state index contributed by atoms with van der Waals surface area (Å²) in [6.07, 6.45) is -3.33. The Hall–Kier alpha value is -2.21. The van der Waals surface area contributed by atoms with Gasteiger partial charge in [0.2, 0.25) is 10.0 Å². The van der Waals surface area contributed by atoms with Crippen LogP contribution in [-0.2, 0) is 26.0 Å². The first-order valence-corrected chi connectivity index (χ1v) is 12.1. The second kappa shape index (κ2) is 7.80. The van der Waals surface area contributed by atoms with E-state index in [4.69, 9.17) is 28.9 Å². The van der Waals surface area contributed by atoms with E-state index in [1.807, 2.05) is 0 Å². The summed E-state index contributed by atoms with van der Waals surface area (Å²) in [5.41, 5.74) is 3.17. The normalized spacial score (nSPS) is 12.6. The van der Waals surface area contributed by atoms with Gasteiger partial charge in [-0.15, -0.1) is 0 Å². The molecular formula is C14H12Cl2F3N5O4S2. The van der Waals surface area contributed by atoms with Gasteiger partial charge in [0.1, 0.15) is 23.3 Å². The smallest absolute Gasteiger partial charge is 0.382 e. The van der Waals surface area contributed by atoms with E-state index in [0.717, 1.165) is 6.26 Å². The number of nitrogens with two attached hydrogens (primary N) is 1. The molecule has 9 nitrogen and oxygen atoms in total. The number of benzene rings is 1. The largest absolute Gasteiger partial charge is 0.416 e. The van der Waals surface area contributed by atoms with E-state index in [9.17, 15) is 35.3 Å². The number of hydrogen-bond acceptors (Lipinski definition) is 7. The van der Waals surface area contributed by atoms with E-state index in [0.29, 0.717) is 27.4 Å². The van der Waals surface area contributed by atoms with Gasteiger partial charge >= 0.3 is 6.18 Å². The summed E-state index contributed by atoms with van der Waals surface area (Å²) in [5.74, 6) is -1.64. The zero-order valence-corrected chi connectivity index (χ0v) is 18.2. The molecule has 2 aromatic rings. The predicted octanol–water partition coefficient (Wildman–Crippen LogP) is 2.42. The van der Waals surface area contributed by atoms with E-state index in [1.165, 1.54) is 0 Å². The Bertz CT molecular complexity index is 1240. The quantitative estimate of drug-likeness (QED) is 0.657. The standard InChI is InChI=1S/C14H12Cl2F3N5O4S2/c1-29(25,26)6-23(30(2,27)28)12-10(5-20)22-24(13(12)21)11-8(15)3-7(4-9(11)16)14(17,18)19/h3-4H,6,21H2,1-2H3. The molecule has 0 saturated carbocycles. The van der Waals surface area contributed by atoms with Gasteiger partial charge in [-0.05, 0) is 12.1 Å². The predicted molar refractivity (Wildman–Crippen MR) is 105 cm³/mol. The van der Waals surface area contributed by atoms with Crippen molar-refractivity contribution in [2.24, 2.45) is 0 Å². The summed E-state index contributed by atoms with van der Waals surface area (Å²) in [4.78, 5) is 0. The molecule has 164 valence electrons. The van der Waals surface area contributed by atoms with Crippen LogP contribution in [0, 0.1) is 11.3 Å². The molecule has 0 aliphatic rings. The number of anilines is 2. The van der Waals surface area contributed by atoms with Gasteiger partial charge in [-0.3, -0.25) is 0 Å². The molecule has 30 heavy (non-hydrogen) atoms. The third kappa shape index (κ3) is 4.91. The van der Waals surface area contributed by atoms with Crippen molar-refractivity contribution >= 4 is 54.6 Å². The van der Waals surface area contributed by atoms with Crippen LogP contribution in [0.4, 0.5) is 24.7 Å². The zero-order chi connectivity index (χ0) is 23.2. The molecule has 2 N–H and O–H groups in total. The lowest BCUT2D eigenvalue weighted by molar-refractivity contribution is -0.137. The highest BCUT2D eigenvalue weighted by Crippen LogP contribution is 2.40. The molecule has 0 spiro atoms. The number of sulfonamides is 1. The van der Waals surface area contributed by atoms with Crippen molar-refractivity contribution in [3.63, 3.8) is 0 Å².